The highest BCUT2D eigenvalue weighted by atomic mass is 31.2. The lowest BCUT2D eigenvalue weighted by molar-refractivity contribution is 0.0186. The zero-order valence-electron chi connectivity index (χ0n) is 13.7. The second-order valence-electron chi connectivity index (χ2n) is 5.88. The second-order valence-corrected chi connectivity index (χ2v) is 7.07. The van der Waals surface area contributed by atoms with E-state index in [1.54, 1.807) is 0 Å². The average Bonchev–Trinajstić information content (AvgIpc) is 3.01. The van der Waals surface area contributed by atoms with Crippen LogP contribution in [0.25, 0.3) is 0 Å². The summed E-state index contributed by atoms with van der Waals surface area (Å²) in [7, 11) is -4.56. The van der Waals surface area contributed by atoms with E-state index < -0.39 is 14.2 Å². The van der Waals surface area contributed by atoms with Crippen LogP contribution in [-0.4, -0.2) is 40.8 Å². The van der Waals surface area contributed by atoms with Crippen LogP contribution in [0.5, 0.6) is 0 Å². The van der Waals surface area contributed by atoms with E-state index in [9.17, 15) is 4.57 Å². The molecular formula is C17H22N3O4P. The predicted octanol–water partition coefficient (Wildman–Crippen LogP) is 1.95. The lowest BCUT2D eigenvalue weighted by Crippen LogP contribution is -2.44. The van der Waals surface area contributed by atoms with Crippen LogP contribution < -0.4 is 10.2 Å². The van der Waals surface area contributed by atoms with Crippen LogP contribution in [0.2, 0.25) is 0 Å². The van der Waals surface area contributed by atoms with Crippen LogP contribution in [0.3, 0.4) is 0 Å². The van der Waals surface area contributed by atoms with E-state index in [2.05, 4.69) is 22.3 Å². The largest absolute Gasteiger partial charge is 0.472 e. The normalized spacial score (nSPS) is 18.4. The Bertz CT molecular complexity index is 710. The monoisotopic (exact) mass is 363 g/mol. The smallest absolute Gasteiger partial charge is 0.354 e. The molecule has 0 saturated carbocycles. The first-order valence-corrected chi connectivity index (χ1v) is 9.60. The van der Waals surface area contributed by atoms with Gasteiger partial charge in [-0.2, -0.15) is 0 Å². The van der Waals surface area contributed by atoms with Gasteiger partial charge in [0.2, 0.25) is 0 Å². The highest BCUT2D eigenvalue weighted by Crippen LogP contribution is 2.38. The molecule has 1 fully saturated rings. The van der Waals surface area contributed by atoms with Crippen molar-refractivity contribution in [2.75, 3.05) is 24.7 Å². The van der Waals surface area contributed by atoms with Crippen molar-refractivity contribution in [2.24, 2.45) is 0 Å². The maximum Gasteiger partial charge on any atom is 0.472 e. The number of hydrogen-bond acceptors (Lipinski definition) is 5. The van der Waals surface area contributed by atoms with E-state index >= 15 is 0 Å². The van der Waals surface area contributed by atoms with Gasteiger partial charge in [0.15, 0.2) is 6.35 Å². The highest BCUT2D eigenvalue weighted by molar-refractivity contribution is 7.46. The van der Waals surface area contributed by atoms with Crippen LogP contribution in [0.15, 0.2) is 60.7 Å². The van der Waals surface area contributed by atoms with Crippen molar-refractivity contribution in [1.29, 1.82) is 0 Å². The van der Waals surface area contributed by atoms with E-state index in [1.165, 1.54) is 0 Å². The quantitative estimate of drug-likeness (QED) is 0.648. The molecular weight excluding hydrogens is 341 g/mol. The summed E-state index contributed by atoms with van der Waals surface area (Å²) in [6.07, 6.45) is -0.803. The van der Waals surface area contributed by atoms with Gasteiger partial charge in [0.25, 0.3) is 0 Å². The van der Waals surface area contributed by atoms with Crippen molar-refractivity contribution in [3.63, 3.8) is 0 Å². The van der Waals surface area contributed by atoms with E-state index in [0.29, 0.717) is 26.3 Å². The number of anilines is 1. The van der Waals surface area contributed by atoms with Gasteiger partial charge in [-0.15, -0.1) is 0 Å². The van der Waals surface area contributed by atoms with E-state index in [4.69, 9.17) is 14.3 Å². The molecule has 0 aromatic heterocycles. The minimum absolute atomic E-state index is 0.483. The number of benzene rings is 2. The summed E-state index contributed by atoms with van der Waals surface area (Å²) in [5.74, 6) is 0. The maximum atomic E-state index is 11.2. The zero-order valence-corrected chi connectivity index (χ0v) is 14.6. The van der Waals surface area contributed by atoms with Gasteiger partial charge in [-0.05, 0) is 17.7 Å². The third kappa shape index (κ3) is 5.37. The number of phosphoric acid groups is 1. The van der Waals surface area contributed by atoms with Crippen LogP contribution in [-0.2, 0) is 15.6 Å². The van der Waals surface area contributed by atoms with E-state index in [1.807, 2.05) is 53.4 Å². The fourth-order valence-electron chi connectivity index (χ4n) is 2.84. The Morgan fingerprint density at radius 3 is 2.40 bits per heavy atom. The SMILES string of the molecule is O=P(O)(O)OC1NCCN1CN(Cc1ccccc1)c1ccccc1. The van der Waals surface area contributed by atoms with Crippen molar-refractivity contribution in [2.45, 2.75) is 12.9 Å². The van der Waals surface area contributed by atoms with Crippen LogP contribution >= 0.6 is 7.82 Å². The Hall–Kier alpha value is -1.73. The minimum Gasteiger partial charge on any atom is -0.354 e. The summed E-state index contributed by atoms with van der Waals surface area (Å²) in [6.45, 7) is 2.42. The molecule has 134 valence electrons. The van der Waals surface area contributed by atoms with Crippen molar-refractivity contribution in [3.8, 4) is 0 Å². The third-order valence-electron chi connectivity index (χ3n) is 3.98. The first kappa shape index (κ1) is 18.1. The second kappa shape index (κ2) is 8.10. The van der Waals surface area contributed by atoms with Crippen molar-refractivity contribution in [3.05, 3.63) is 66.2 Å². The van der Waals surface area contributed by atoms with Gasteiger partial charge >= 0.3 is 7.82 Å². The molecule has 0 radical (unpaired) electrons. The molecule has 0 aliphatic carbocycles. The number of nitrogens with zero attached hydrogens (tertiary/aromatic N) is 2. The summed E-state index contributed by atoms with van der Waals surface area (Å²) in [5.41, 5.74) is 2.19. The van der Waals surface area contributed by atoms with Crippen molar-refractivity contribution < 1.29 is 18.9 Å². The van der Waals surface area contributed by atoms with Gasteiger partial charge in [0, 0.05) is 25.3 Å². The lowest BCUT2D eigenvalue weighted by Gasteiger charge is -2.32. The Balaban J connectivity index is 1.76. The van der Waals surface area contributed by atoms with E-state index in [0.717, 1.165) is 11.3 Å². The van der Waals surface area contributed by atoms with Gasteiger partial charge in [-0.1, -0.05) is 48.5 Å². The van der Waals surface area contributed by atoms with Gasteiger partial charge in [0.05, 0.1) is 6.67 Å². The molecule has 2 aromatic carbocycles. The first-order valence-electron chi connectivity index (χ1n) is 8.06. The number of para-hydroxylation sites is 1. The summed E-state index contributed by atoms with van der Waals surface area (Å²) in [4.78, 5) is 22.2. The number of phosphoric ester groups is 1. The predicted molar refractivity (Wildman–Crippen MR) is 95.6 cm³/mol. The van der Waals surface area contributed by atoms with Gasteiger partial charge in [-0.25, -0.2) is 9.46 Å². The Labute approximate surface area is 147 Å². The van der Waals surface area contributed by atoms with Crippen LogP contribution in [0.4, 0.5) is 5.69 Å². The lowest BCUT2D eigenvalue weighted by atomic mass is 10.2. The van der Waals surface area contributed by atoms with E-state index in [-0.39, 0.29) is 0 Å². The number of nitrogens with one attached hydrogen (secondary N) is 1. The zero-order chi connectivity index (χ0) is 17.7. The maximum absolute atomic E-state index is 11.2. The van der Waals surface area contributed by atoms with Gasteiger partial charge < -0.3 is 14.7 Å². The van der Waals surface area contributed by atoms with Crippen LogP contribution in [0, 0.1) is 0 Å². The highest BCUT2D eigenvalue weighted by Gasteiger charge is 2.32. The number of hydrogen-bond donors (Lipinski definition) is 3. The topological polar surface area (TPSA) is 85.3 Å². The molecule has 3 N–H and O–H groups in total. The Morgan fingerprint density at radius 1 is 1.12 bits per heavy atom. The number of rotatable bonds is 7. The summed E-state index contributed by atoms with van der Waals surface area (Å²) < 4.78 is 16.0. The molecule has 0 bridgehead atoms. The average molecular weight is 363 g/mol. The van der Waals surface area contributed by atoms with Crippen molar-refractivity contribution >= 4 is 13.5 Å². The Morgan fingerprint density at radius 2 is 1.76 bits per heavy atom. The Kier molecular flexibility index (Phi) is 5.86. The molecule has 25 heavy (non-hydrogen) atoms. The molecule has 1 unspecified atom stereocenters. The fourth-order valence-corrected chi connectivity index (χ4v) is 3.31. The summed E-state index contributed by atoms with van der Waals surface area (Å²) in [5, 5.41) is 2.97. The minimum atomic E-state index is -4.56. The molecule has 1 saturated heterocycles. The summed E-state index contributed by atoms with van der Waals surface area (Å²) >= 11 is 0. The molecule has 0 spiro atoms. The third-order valence-corrected chi connectivity index (χ3v) is 4.45. The molecule has 1 heterocycles. The van der Waals surface area contributed by atoms with Gasteiger partial charge in [-0.3, -0.25) is 9.84 Å². The fraction of sp³-hybridized carbons (Fsp3) is 0.294. The van der Waals surface area contributed by atoms with Crippen LogP contribution in [0.1, 0.15) is 5.56 Å². The molecule has 3 rings (SSSR count). The molecule has 7 nitrogen and oxygen atoms in total. The first-order chi connectivity index (χ1) is 12.0. The van der Waals surface area contributed by atoms with Gasteiger partial charge in [0.1, 0.15) is 0 Å². The van der Waals surface area contributed by atoms with Crippen molar-refractivity contribution in [1.82, 2.24) is 10.2 Å². The molecule has 1 aliphatic heterocycles. The summed E-state index contributed by atoms with van der Waals surface area (Å²) in [6, 6.07) is 20.0. The molecule has 0 amide bonds. The standard InChI is InChI=1S/C17H22N3O4P/c21-25(22,23)24-17-18-11-12-19(17)14-20(16-9-5-2-6-10-16)13-15-7-3-1-4-8-15/h1-10,17-18H,11-14H2,(H2,21,22,23). The molecule has 1 aliphatic rings. The molecule has 2 aromatic rings. The molecule has 1 atom stereocenters. The molecule has 8 heteroatoms.